The summed E-state index contributed by atoms with van der Waals surface area (Å²) in [6.07, 6.45) is 2.67. The van der Waals surface area contributed by atoms with Crippen LogP contribution in [0.15, 0.2) is 18.3 Å². The monoisotopic (exact) mass is 293 g/mol. The maximum absolute atomic E-state index is 11.8. The van der Waals surface area contributed by atoms with Gasteiger partial charge in [0.2, 0.25) is 0 Å². The molecule has 0 amide bonds. The Bertz CT molecular complexity index is 448. The number of aromatic nitrogens is 1. The Morgan fingerprint density at radius 2 is 2.29 bits per heavy atom. The third-order valence-electron chi connectivity index (χ3n) is 3.35. The van der Waals surface area contributed by atoms with E-state index in [9.17, 15) is 4.79 Å². The largest absolute Gasteiger partial charge is 0.462 e. The lowest BCUT2D eigenvalue weighted by molar-refractivity contribution is 0.0378. The van der Waals surface area contributed by atoms with Gasteiger partial charge in [-0.05, 0) is 32.0 Å². The lowest BCUT2D eigenvalue weighted by Gasteiger charge is -2.26. The Kier molecular flexibility index (Phi) is 6.43. The van der Waals surface area contributed by atoms with Gasteiger partial charge in [-0.2, -0.15) is 0 Å². The molecule has 6 heteroatoms. The quantitative estimate of drug-likeness (QED) is 0.605. The van der Waals surface area contributed by atoms with E-state index in [2.05, 4.69) is 15.2 Å². The highest BCUT2D eigenvalue weighted by molar-refractivity contribution is 5.94. The minimum Gasteiger partial charge on any atom is -0.462 e. The van der Waals surface area contributed by atoms with Crippen LogP contribution in [0.25, 0.3) is 0 Å². The lowest BCUT2D eigenvalue weighted by Crippen LogP contribution is -2.37. The minimum atomic E-state index is -0.332. The predicted octanol–water partition coefficient (Wildman–Crippen LogP) is 1.39. The summed E-state index contributed by atoms with van der Waals surface area (Å²) in [4.78, 5) is 18.4. The molecule has 1 aliphatic rings. The first-order chi connectivity index (χ1) is 10.3. The smallest absolute Gasteiger partial charge is 0.341 e. The molecule has 2 heterocycles. The zero-order valence-electron chi connectivity index (χ0n) is 12.5. The number of hydrogen-bond acceptors (Lipinski definition) is 6. The van der Waals surface area contributed by atoms with Gasteiger partial charge in [0.1, 0.15) is 11.4 Å². The van der Waals surface area contributed by atoms with Gasteiger partial charge in [-0.15, -0.1) is 0 Å². The molecular weight excluding hydrogens is 270 g/mol. The third-order valence-corrected chi connectivity index (χ3v) is 3.35. The van der Waals surface area contributed by atoms with Crippen LogP contribution in [0, 0.1) is 0 Å². The van der Waals surface area contributed by atoms with Gasteiger partial charge in [0.25, 0.3) is 0 Å². The molecule has 1 N–H and O–H groups in total. The fourth-order valence-corrected chi connectivity index (χ4v) is 2.25. The normalized spacial score (nSPS) is 15.7. The summed E-state index contributed by atoms with van der Waals surface area (Å²) >= 11 is 0. The summed E-state index contributed by atoms with van der Waals surface area (Å²) in [7, 11) is 0. The molecule has 0 aromatic carbocycles. The van der Waals surface area contributed by atoms with Crippen molar-refractivity contribution in [3.63, 3.8) is 0 Å². The van der Waals surface area contributed by atoms with Gasteiger partial charge in [-0.1, -0.05) is 0 Å². The van der Waals surface area contributed by atoms with E-state index >= 15 is 0 Å². The van der Waals surface area contributed by atoms with Crippen LogP contribution in [-0.2, 0) is 9.47 Å². The molecule has 1 aromatic heterocycles. The molecule has 1 saturated heterocycles. The molecule has 0 radical (unpaired) electrons. The molecule has 0 aliphatic carbocycles. The van der Waals surface area contributed by atoms with Crippen LogP contribution in [0.5, 0.6) is 0 Å². The van der Waals surface area contributed by atoms with E-state index in [-0.39, 0.29) is 5.97 Å². The first-order valence-corrected chi connectivity index (χ1v) is 7.47. The van der Waals surface area contributed by atoms with Crippen molar-refractivity contribution in [3.05, 3.63) is 23.9 Å². The first kappa shape index (κ1) is 15.7. The molecule has 1 aliphatic heterocycles. The number of morpholine rings is 1. The second kappa shape index (κ2) is 8.59. The zero-order chi connectivity index (χ0) is 14.9. The number of pyridine rings is 1. The highest BCUT2D eigenvalue weighted by Gasteiger charge is 2.13. The van der Waals surface area contributed by atoms with Gasteiger partial charge < -0.3 is 14.8 Å². The Hall–Kier alpha value is -1.66. The molecule has 0 bridgehead atoms. The number of ether oxygens (including phenoxy) is 2. The summed E-state index contributed by atoms with van der Waals surface area (Å²) in [5.41, 5.74) is 0.491. The zero-order valence-corrected chi connectivity index (χ0v) is 12.5. The van der Waals surface area contributed by atoms with Crippen LogP contribution >= 0.6 is 0 Å². The van der Waals surface area contributed by atoms with E-state index in [4.69, 9.17) is 9.47 Å². The van der Waals surface area contributed by atoms with Crippen molar-refractivity contribution < 1.29 is 14.3 Å². The molecule has 1 aromatic rings. The van der Waals surface area contributed by atoms with E-state index in [1.165, 1.54) is 0 Å². The van der Waals surface area contributed by atoms with Crippen molar-refractivity contribution in [1.29, 1.82) is 0 Å². The summed E-state index contributed by atoms with van der Waals surface area (Å²) in [6, 6.07) is 3.47. The van der Waals surface area contributed by atoms with E-state index in [1.807, 2.05) is 0 Å². The average Bonchev–Trinajstić information content (AvgIpc) is 2.53. The molecule has 0 spiro atoms. The molecule has 0 saturated carbocycles. The predicted molar refractivity (Wildman–Crippen MR) is 80.6 cm³/mol. The van der Waals surface area contributed by atoms with E-state index in [0.717, 1.165) is 45.8 Å². The SMILES string of the molecule is CCOC(=O)c1cccnc1NCCCN1CCOCC1. The number of nitrogens with one attached hydrogen (secondary N) is 1. The van der Waals surface area contributed by atoms with Crippen molar-refractivity contribution in [2.45, 2.75) is 13.3 Å². The van der Waals surface area contributed by atoms with Crippen molar-refractivity contribution >= 4 is 11.8 Å². The standard InChI is InChI=1S/C15H23N3O3/c1-2-21-15(19)13-5-3-6-16-14(13)17-7-4-8-18-9-11-20-12-10-18/h3,5-6H,2,4,7-12H2,1H3,(H,16,17). The molecule has 0 atom stereocenters. The summed E-state index contributed by atoms with van der Waals surface area (Å²) in [5, 5.41) is 3.22. The van der Waals surface area contributed by atoms with Gasteiger partial charge in [-0.25, -0.2) is 9.78 Å². The third kappa shape index (κ3) is 4.99. The maximum Gasteiger partial charge on any atom is 0.341 e. The number of rotatable bonds is 7. The van der Waals surface area contributed by atoms with Crippen molar-refractivity contribution in [2.75, 3.05) is 51.3 Å². The Morgan fingerprint density at radius 1 is 1.48 bits per heavy atom. The second-order valence-electron chi connectivity index (χ2n) is 4.85. The highest BCUT2D eigenvalue weighted by atomic mass is 16.5. The Morgan fingerprint density at radius 3 is 3.05 bits per heavy atom. The number of hydrogen-bond donors (Lipinski definition) is 1. The molecule has 6 nitrogen and oxygen atoms in total. The summed E-state index contributed by atoms with van der Waals surface area (Å²) in [5.74, 6) is 0.263. The van der Waals surface area contributed by atoms with Gasteiger partial charge >= 0.3 is 5.97 Å². The lowest BCUT2D eigenvalue weighted by atomic mass is 10.2. The Balaban J connectivity index is 1.78. The first-order valence-electron chi connectivity index (χ1n) is 7.47. The van der Waals surface area contributed by atoms with Crippen LogP contribution < -0.4 is 5.32 Å². The average molecular weight is 293 g/mol. The van der Waals surface area contributed by atoms with Crippen LogP contribution in [0.2, 0.25) is 0 Å². The van der Waals surface area contributed by atoms with Crippen LogP contribution in [0.3, 0.4) is 0 Å². The molecule has 1 fully saturated rings. The number of nitrogens with zero attached hydrogens (tertiary/aromatic N) is 2. The van der Waals surface area contributed by atoms with Crippen LogP contribution in [-0.4, -0.2) is 61.9 Å². The van der Waals surface area contributed by atoms with Crippen molar-refractivity contribution in [3.8, 4) is 0 Å². The van der Waals surface area contributed by atoms with Crippen molar-refractivity contribution in [2.24, 2.45) is 0 Å². The van der Waals surface area contributed by atoms with Crippen LogP contribution in [0.1, 0.15) is 23.7 Å². The van der Waals surface area contributed by atoms with E-state index in [0.29, 0.717) is 18.0 Å². The topological polar surface area (TPSA) is 63.7 Å². The number of esters is 1. The molecule has 2 rings (SSSR count). The van der Waals surface area contributed by atoms with Gasteiger partial charge in [0, 0.05) is 25.8 Å². The summed E-state index contributed by atoms with van der Waals surface area (Å²) < 4.78 is 10.4. The number of anilines is 1. The molecular formula is C15H23N3O3. The number of carbonyl (C=O) groups is 1. The maximum atomic E-state index is 11.8. The second-order valence-corrected chi connectivity index (χ2v) is 4.85. The van der Waals surface area contributed by atoms with Crippen molar-refractivity contribution in [1.82, 2.24) is 9.88 Å². The van der Waals surface area contributed by atoms with E-state index < -0.39 is 0 Å². The molecule has 0 unspecified atom stereocenters. The highest BCUT2D eigenvalue weighted by Crippen LogP contribution is 2.13. The fourth-order valence-electron chi connectivity index (χ4n) is 2.25. The van der Waals surface area contributed by atoms with Crippen LogP contribution in [0.4, 0.5) is 5.82 Å². The molecule has 116 valence electrons. The fraction of sp³-hybridized carbons (Fsp3) is 0.600. The summed E-state index contributed by atoms with van der Waals surface area (Å²) in [6.45, 7) is 7.60. The Labute approximate surface area is 125 Å². The minimum absolute atomic E-state index is 0.332. The molecule has 21 heavy (non-hydrogen) atoms. The number of carbonyl (C=O) groups excluding carboxylic acids is 1. The van der Waals surface area contributed by atoms with Gasteiger partial charge in [-0.3, -0.25) is 4.90 Å². The van der Waals surface area contributed by atoms with Gasteiger partial charge in [0.15, 0.2) is 0 Å². The van der Waals surface area contributed by atoms with E-state index in [1.54, 1.807) is 25.3 Å². The van der Waals surface area contributed by atoms with Gasteiger partial charge in [0.05, 0.1) is 19.8 Å².